The highest BCUT2D eigenvalue weighted by Gasteiger charge is 2.18. The third kappa shape index (κ3) is 3.76. The molecule has 0 atom stereocenters. The van der Waals surface area contributed by atoms with Crippen molar-refractivity contribution < 1.29 is 13.2 Å². The minimum Gasteiger partial charge on any atom is -0.273 e. The van der Waals surface area contributed by atoms with Crippen molar-refractivity contribution >= 4 is 15.9 Å². The molecule has 1 heterocycles. The van der Waals surface area contributed by atoms with E-state index in [9.17, 15) is 13.2 Å². The number of hydrazine groups is 1. The minimum atomic E-state index is -3.87. The maximum absolute atomic E-state index is 12.4. The Kier molecular flexibility index (Phi) is 4.78. The van der Waals surface area contributed by atoms with Crippen molar-refractivity contribution in [2.75, 3.05) is 0 Å². The van der Waals surface area contributed by atoms with E-state index in [-0.39, 0.29) is 10.5 Å². The lowest BCUT2D eigenvalue weighted by Gasteiger charge is -2.11. The predicted molar refractivity (Wildman–Crippen MR) is 92.9 cm³/mol. The number of tetrazole rings is 1. The van der Waals surface area contributed by atoms with Gasteiger partial charge in [0.1, 0.15) is 6.33 Å². The molecule has 0 saturated carbocycles. The van der Waals surface area contributed by atoms with Crippen LogP contribution in [0.1, 0.15) is 21.5 Å². The highest BCUT2D eigenvalue weighted by atomic mass is 32.2. The molecule has 26 heavy (non-hydrogen) atoms. The van der Waals surface area contributed by atoms with Crippen LogP contribution < -0.4 is 10.3 Å². The topological polar surface area (TPSA) is 119 Å². The molecule has 0 spiro atoms. The molecule has 0 radical (unpaired) electrons. The summed E-state index contributed by atoms with van der Waals surface area (Å²) in [5.74, 6) is -0.581. The van der Waals surface area contributed by atoms with Crippen molar-refractivity contribution in [2.24, 2.45) is 0 Å². The van der Waals surface area contributed by atoms with Gasteiger partial charge >= 0.3 is 0 Å². The van der Waals surface area contributed by atoms with Gasteiger partial charge in [0.2, 0.25) is 0 Å². The number of sulfonamides is 1. The first-order chi connectivity index (χ1) is 12.4. The fourth-order valence-corrected chi connectivity index (χ4v) is 3.45. The monoisotopic (exact) mass is 372 g/mol. The van der Waals surface area contributed by atoms with Crippen LogP contribution in [0.2, 0.25) is 0 Å². The second-order valence-electron chi connectivity index (χ2n) is 5.63. The van der Waals surface area contributed by atoms with Gasteiger partial charge in [-0.25, -0.2) is 13.1 Å². The van der Waals surface area contributed by atoms with E-state index in [4.69, 9.17) is 0 Å². The zero-order chi connectivity index (χ0) is 18.7. The van der Waals surface area contributed by atoms with Gasteiger partial charge in [0.25, 0.3) is 15.9 Å². The zero-order valence-corrected chi connectivity index (χ0v) is 14.9. The number of hydrogen-bond donors (Lipinski definition) is 2. The third-order valence-electron chi connectivity index (χ3n) is 3.68. The van der Waals surface area contributed by atoms with Gasteiger partial charge in [-0.05, 0) is 65.7 Å². The fourth-order valence-electron chi connectivity index (χ4n) is 2.28. The maximum atomic E-state index is 12.4. The summed E-state index contributed by atoms with van der Waals surface area (Å²) >= 11 is 0. The molecule has 10 heteroatoms. The van der Waals surface area contributed by atoms with Crippen LogP contribution in [0.25, 0.3) is 5.69 Å². The van der Waals surface area contributed by atoms with Crippen LogP contribution in [0.3, 0.4) is 0 Å². The Morgan fingerprint density at radius 3 is 2.46 bits per heavy atom. The van der Waals surface area contributed by atoms with Crippen molar-refractivity contribution in [3.05, 3.63) is 65.5 Å². The minimum absolute atomic E-state index is 0.117. The van der Waals surface area contributed by atoms with Crippen molar-refractivity contribution in [2.45, 2.75) is 18.7 Å². The summed E-state index contributed by atoms with van der Waals surface area (Å²) in [6, 6.07) is 11.4. The standard InChI is InChI=1S/C16H16N6O3S/c1-11-3-4-12(2)15(9-11)26(24,25)21-18-16(23)13-5-7-14(8-6-13)22-10-17-19-20-22/h3-10,21H,1-2H3,(H,18,23). The summed E-state index contributed by atoms with van der Waals surface area (Å²) in [4.78, 5) is 14.4. The van der Waals surface area contributed by atoms with E-state index in [1.54, 1.807) is 50.2 Å². The molecule has 2 N–H and O–H groups in total. The lowest BCUT2D eigenvalue weighted by Crippen LogP contribution is -2.41. The fraction of sp³-hybridized carbons (Fsp3) is 0.125. The molecule has 3 rings (SSSR count). The van der Waals surface area contributed by atoms with E-state index in [1.165, 1.54) is 11.0 Å². The van der Waals surface area contributed by atoms with Gasteiger partial charge in [-0.3, -0.25) is 10.2 Å². The van der Waals surface area contributed by atoms with Crippen molar-refractivity contribution in [1.29, 1.82) is 0 Å². The van der Waals surface area contributed by atoms with Gasteiger partial charge in [-0.2, -0.15) is 0 Å². The van der Waals surface area contributed by atoms with E-state index in [0.717, 1.165) is 5.56 Å². The first kappa shape index (κ1) is 17.7. The number of amides is 1. The van der Waals surface area contributed by atoms with Gasteiger partial charge in [0.15, 0.2) is 0 Å². The summed E-state index contributed by atoms with van der Waals surface area (Å²) in [7, 11) is -3.87. The van der Waals surface area contributed by atoms with Crippen LogP contribution in [0.5, 0.6) is 0 Å². The Hall–Kier alpha value is -3.11. The first-order valence-electron chi connectivity index (χ1n) is 7.60. The number of aromatic nitrogens is 4. The summed E-state index contributed by atoms with van der Waals surface area (Å²) < 4.78 is 26.2. The number of aryl methyl sites for hydroxylation is 2. The number of carbonyl (C=O) groups is 1. The maximum Gasteiger partial charge on any atom is 0.266 e. The van der Waals surface area contributed by atoms with E-state index >= 15 is 0 Å². The predicted octanol–water partition coefficient (Wildman–Crippen LogP) is 0.902. The Morgan fingerprint density at radius 2 is 1.81 bits per heavy atom. The largest absolute Gasteiger partial charge is 0.273 e. The summed E-state index contributed by atoms with van der Waals surface area (Å²) in [6.07, 6.45) is 1.42. The molecule has 134 valence electrons. The number of benzene rings is 2. The highest BCUT2D eigenvalue weighted by Crippen LogP contribution is 2.16. The number of rotatable bonds is 5. The number of carbonyl (C=O) groups excluding carboxylic acids is 1. The average Bonchev–Trinajstić information content (AvgIpc) is 3.16. The van der Waals surface area contributed by atoms with E-state index in [0.29, 0.717) is 11.3 Å². The Morgan fingerprint density at radius 1 is 1.08 bits per heavy atom. The molecule has 0 saturated heterocycles. The van der Waals surface area contributed by atoms with Crippen LogP contribution in [0, 0.1) is 13.8 Å². The molecule has 9 nitrogen and oxygen atoms in total. The highest BCUT2D eigenvalue weighted by molar-refractivity contribution is 7.89. The van der Waals surface area contributed by atoms with Crippen LogP contribution in [0.4, 0.5) is 0 Å². The van der Waals surface area contributed by atoms with E-state index < -0.39 is 15.9 Å². The molecule has 0 aliphatic carbocycles. The molecule has 1 aromatic heterocycles. The van der Waals surface area contributed by atoms with E-state index in [2.05, 4.69) is 25.8 Å². The van der Waals surface area contributed by atoms with Crippen LogP contribution in [-0.4, -0.2) is 34.5 Å². The average molecular weight is 372 g/mol. The molecule has 0 unspecified atom stereocenters. The molecule has 0 aliphatic rings. The molecule has 1 amide bonds. The molecule has 0 aliphatic heterocycles. The normalized spacial score (nSPS) is 11.3. The summed E-state index contributed by atoms with van der Waals surface area (Å²) in [6.45, 7) is 3.48. The third-order valence-corrected chi connectivity index (χ3v) is 5.06. The van der Waals surface area contributed by atoms with Crippen LogP contribution in [0.15, 0.2) is 53.7 Å². The zero-order valence-electron chi connectivity index (χ0n) is 14.0. The SMILES string of the molecule is Cc1ccc(C)c(S(=O)(=O)NNC(=O)c2ccc(-n3cnnn3)cc2)c1. The van der Waals surface area contributed by atoms with Crippen molar-refractivity contribution in [3.63, 3.8) is 0 Å². The Labute approximate surface area is 150 Å². The van der Waals surface area contributed by atoms with Crippen molar-refractivity contribution in [3.8, 4) is 5.69 Å². The second kappa shape index (κ2) is 7.02. The summed E-state index contributed by atoms with van der Waals surface area (Å²) in [5, 5.41) is 10.8. The Bertz CT molecular complexity index is 1030. The lowest BCUT2D eigenvalue weighted by atomic mass is 10.2. The molecule has 2 aromatic carbocycles. The van der Waals surface area contributed by atoms with Gasteiger partial charge in [-0.15, -0.1) is 9.93 Å². The molecular formula is C16H16N6O3S. The molecule has 0 bridgehead atoms. The van der Waals surface area contributed by atoms with Gasteiger partial charge in [0, 0.05) is 5.56 Å². The van der Waals surface area contributed by atoms with Crippen LogP contribution in [-0.2, 0) is 10.0 Å². The summed E-state index contributed by atoms with van der Waals surface area (Å²) in [5.41, 5.74) is 4.56. The quantitative estimate of drug-likeness (QED) is 0.643. The van der Waals surface area contributed by atoms with Crippen molar-refractivity contribution in [1.82, 2.24) is 30.5 Å². The van der Waals surface area contributed by atoms with Gasteiger partial charge in [0.05, 0.1) is 10.6 Å². The lowest BCUT2D eigenvalue weighted by molar-refractivity contribution is 0.0945. The second-order valence-corrected chi connectivity index (χ2v) is 7.28. The van der Waals surface area contributed by atoms with Crippen LogP contribution >= 0.6 is 0 Å². The number of nitrogens with one attached hydrogen (secondary N) is 2. The first-order valence-corrected chi connectivity index (χ1v) is 9.08. The van der Waals surface area contributed by atoms with Gasteiger partial charge in [-0.1, -0.05) is 12.1 Å². The molecular weight excluding hydrogens is 356 g/mol. The number of hydrogen-bond acceptors (Lipinski definition) is 6. The molecule has 0 fully saturated rings. The smallest absolute Gasteiger partial charge is 0.266 e. The Balaban J connectivity index is 1.71. The van der Waals surface area contributed by atoms with E-state index in [1.807, 2.05) is 6.07 Å². The number of nitrogens with zero attached hydrogens (tertiary/aromatic N) is 4. The molecule has 3 aromatic rings. The van der Waals surface area contributed by atoms with Gasteiger partial charge < -0.3 is 0 Å².